The Morgan fingerprint density at radius 3 is 2.84 bits per heavy atom. The number of hydrogen-bond acceptors (Lipinski definition) is 4. The minimum atomic E-state index is 0.0363. The smallest absolute Gasteiger partial charge is 0.272 e. The Kier molecular flexibility index (Phi) is 4.37. The summed E-state index contributed by atoms with van der Waals surface area (Å²) < 4.78 is 0. The lowest BCUT2D eigenvalue weighted by atomic mass is 10.0. The number of carbonyl (C=O) groups is 1. The number of anilines is 1. The highest BCUT2D eigenvalue weighted by atomic mass is 16.2. The van der Waals surface area contributed by atoms with Crippen molar-refractivity contribution in [2.24, 2.45) is 0 Å². The molecule has 0 radical (unpaired) electrons. The van der Waals surface area contributed by atoms with Gasteiger partial charge in [0, 0.05) is 26.2 Å². The van der Waals surface area contributed by atoms with Crippen LogP contribution >= 0.6 is 0 Å². The molecule has 1 saturated heterocycles. The van der Waals surface area contributed by atoms with Crippen LogP contribution in [0.2, 0.25) is 0 Å². The minimum absolute atomic E-state index is 0.0363. The molecule has 0 spiro atoms. The van der Waals surface area contributed by atoms with Gasteiger partial charge >= 0.3 is 0 Å². The van der Waals surface area contributed by atoms with Crippen molar-refractivity contribution >= 4 is 11.6 Å². The molecule has 5 nitrogen and oxygen atoms in total. The molecule has 1 aromatic rings. The van der Waals surface area contributed by atoms with E-state index >= 15 is 0 Å². The van der Waals surface area contributed by atoms with Crippen LogP contribution in [0.4, 0.5) is 5.69 Å². The molecular weight excluding hydrogens is 240 g/mol. The molecule has 1 fully saturated rings. The summed E-state index contributed by atoms with van der Waals surface area (Å²) >= 11 is 0. The highest BCUT2D eigenvalue weighted by Crippen LogP contribution is 2.16. The number of rotatable bonds is 3. The molecule has 1 N–H and O–H groups in total. The van der Waals surface area contributed by atoms with E-state index in [9.17, 15) is 4.79 Å². The molecule has 104 valence electrons. The second-order valence-corrected chi connectivity index (χ2v) is 5.19. The van der Waals surface area contributed by atoms with Crippen molar-refractivity contribution in [2.45, 2.75) is 18.9 Å². The van der Waals surface area contributed by atoms with Gasteiger partial charge in [-0.2, -0.15) is 0 Å². The Morgan fingerprint density at radius 1 is 1.47 bits per heavy atom. The van der Waals surface area contributed by atoms with Gasteiger partial charge in [-0.05, 0) is 39.1 Å². The number of likely N-dealkylation sites (N-methyl/N-ethyl adjacent to an activating group) is 1. The number of pyridine rings is 1. The van der Waals surface area contributed by atoms with Gasteiger partial charge in [-0.3, -0.25) is 4.79 Å². The van der Waals surface area contributed by atoms with E-state index in [4.69, 9.17) is 0 Å². The molecule has 2 heterocycles. The molecule has 1 aromatic heterocycles. The molecular formula is C14H22N4O. The summed E-state index contributed by atoms with van der Waals surface area (Å²) in [7, 11) is 5.97. The summed E-state index contributed by atoms with van der Waals surface area (Å²) in [6.45, 7) is 1.62. The Morgan fingerprint density at radius 2 is 2.26 bits per heavy atom. The molecule has 19 heavy (non-hydrogen) atoms. The van der Waals surface area contributed by atoms with Gasteiger partial charge in [0.2, 0.25) is 0 Å². The van der Waals surface area contributed by atoms with Crippen molar-refractivity contribution in [3.63, 3.8) is 0 Å². The summed E-state index contributed by atoms with van der Waals surface area (Å²) in [5.41, 5.74) is 1.44. The normalized spacial score (nSPS) is 19.6. The van der Waals surface area contributed by atoms with Crippen molar-refractivity contribution in [1.82, 2.24) is 14.8 Å². The molecule has 1 unspecified atom stereocenters. The summed E-state index contributed by atoms with van der Waals surface area (Å²) in [6, 6.07) is 4.12. The number of likely N-dealkylation sites (tertiary alicyclic amines) is 1. The van der Waals surface area contributed by atoms with E-state index < -0.39 is 0 Å². The number of piperidine rings is 1. The number of nitrogens with zero attached hydrogens (tertiary/aromatic N) is 3. The lowest BCUT2D eigenvalue weighted by molar-refractivity contribution is 0.0629. The second kappa shape index (κ2) is 6.02. The average molecular weight is 262 g/mol. The van der Waals surface area contributed by atoms with Crippen LogP contribution in [-0.4, -0.2) is 61.0 Å². The molecule has 1 atom stereocenters. The van der Waals surface area contributed by atoms with Gasteiger partial charge < -0.3 is 15.1 Å². The van der Waals surface area contributed by atoms with Gasteiger partial charge in [0.25, 0.3) is 5.91 Å². The third-order valence-corrected chi connectivity index (χ3v) is 3.69. The zero-order chi connectivity index (χ0) is 13.8. The van der Waals surface area contributed by atoms with Gasteiger partial charge in [-0.15, -0.1) is 0 Å². The fourth-order valence-corrected chi connectivity index (χ4v) is 2.39. The van der Waals surface area contributed by atoms with Crippen LogP contribution in [0.5, 0.6) is 0 Å². The number of carbonyl (C=O) groups excluding carboxylic acids is 1. The Labute approximate surface area is 114 Å². The van der Waals surface area contributed by atoms with Crippen LogP contribution in [-0.2, 0) is 0 Å². The number of amides is 1. The van der Waals surface area contributed by atoms with Gasteiger partial charge in [0.1, 0.15) is 5.69 Å². The molecule has 2 rings (SSSR count). The molecule has 0 bridgehead atoms. The van der Waals surface area contributed by atoms with Gasteiger partial charge in [-0.25, -0.2) is 4.98 Å². The van der Waals surface area contributed by atoms with Gasteiger partial charge in [0.15, 0.2) is 0 Å². The molecule has 0 aliphatic carbocycles. The van der Waals surface area contributed by atoms with Crippen molar-refractivity contribution in [3.8, 4) is 0 Å². The van der Waals surface area contributed by atoms with Crippen LogP contribution < -0.4 is 5.32 Å². The zero-order valence-corrected chi connectivity index (χ0v) is 11.9. The SMILES string of the molecule is CNc1ccc(C(=O)N2CCCC(N(C)C)C2)nc1. The standard InChI is InChI=1S/C14H22N4O/c1-15-11-6-7-13(16-9-11)14(19)18-8-4-5-12(10-18)17(2)3/h6-7,9,12,15H,4-5,8,10H2,1-3H3. The molecule has 0 aromatic carbocycles. The molecule has 1 aliphatic rings. The van der Waals surface area contributed by atoms with Gasteiger partial charge in [0.05, 0.1) is 11.9 Å². The third kappa shape index (κ3) is 3.23. The lowest BCUT2D eigenvalue weighted by Crippen LogP contribution is -2.47. The van der Waals surface area contributed by atoms with Crippen molar-refractivity contribution < 1.29 is 4.79 Å². The Bertz CT molecular complexity index is 430. The first kappa shape index (κ1) is 13.8. The third-order valence-electron chi connectivity index (χ3n) is 3.69. The van der Waals surface area contributed by atoms with Crippen LogP contribution in [0.1, 0.15) is 23.3 Å². The van der Waals surface area contributed by atoms with E-state index in [0.717, 1.165) is 31.6 Å². The average Bonchev–Trinajstić information content (AvgIpc) is 2.46. The van der Waals surface area contributed by atoms with E-state index in [0.29, 0.717) is 11.7 Å². The Balaban J connectivity index is 2.05. The predicted octanol–water partition coefficient (Wildman–Crippen LogP) is 1.29. The van der Waals surface area contributed by atoms with E-state index in [1.807, 2.05) is 18.0 Å². The summed E-state index contributed by atoms with van der Waals surface area (Å²) in [5.74, 6) is 0.0363. The van der Waals surface area contributed by atoms with Crippen LogP contribution in [0.15, 0.2) is 18.3 Å². The first-order chi connectivity index (χ1) is 9.11. The highest BCUT2D eigenvalue weighted by molar-refractivity contribution is 5.92. The van der Waals surface area contributed by atoms with Crippen LogP contribution in [0, 0.1) is 0 Å². The monoisotopic (exact) mass is 262 g/mol. The topological polar surface area (TPSA) is 48.5 Å². The largest absolute Gasteiger partial charge is 0.387 e. The van der Waals surface area contributed by atoms with Gasteiger partial charge in [-0.1, -0.05) is 0 Å². The number of aromatic nitrogens is 1. The first-order valence-electron chi connectivity index (χ1n) is 6.71. The molecule has 0 saturated carbocycles. The van der Waals surface area contributed by atoms with E-state index in [-0.39, 0.29) is 5.91 Å². The van der Waals surface area contributed by atoms with E-state index in [1.165, 1.54) is 0 Å². The van der Waals surface area contributed by atoms with E-state index in [2.05, 4.69) is 29.3 Å². The Hall–Kier alpha value is -1.62. The van der Waals surface area contributed by atoms with Crippen LogP contribution in [0.25, 0.3) is 0 Å². The first-order valence-corrected chi connectivity index (χ1v) is 6.71. The van der Waals surface area contributed by atoms with Crippen molar-refractivity contribution in [1.29, 1.82) is 0 Å². The highest BCUT2D eigenvalue weighted by Gasteiger charge is 2.26. The fourth-order valence-electron chi connectivity index (χ4n) is 2.39. The molecule has 1 aliphatic heterocycles. The number of hydrogen-bond donors (Lipinski definition) is 1. The molecule has 1 amide bonds. The van der Waals surface area contributed by atoms with E-state index in [1.54, 1.807) is 12.3 Å². The molecule has 5 heteroatoms. The summed E-state index contributed by atoms with van der Waals surface area (Å²) in [5, 5.41) is 3.00. The zero-order valence-electron chi connectivity index (χ0n) is 11.9. The maximum atomic E-state index is 12.4. The van der Waals surface area contributed by atoms with Crippen LogP contribution in [0.3, 0.4) is 0 Å². The predicted molar refractivity (Wildman–Crippen MR) is 76.4 cm³/mol. The quantitative estimate of drug-likeness (QED) is 0.891. The summed E-state index contributed by atoms with van der Waals surface area (Å²) in [4.78, 5) is 20.7. The van der Waals surface area contributed by atoms with Crippen molar-refractivity contribution in [3.05, 3.63) is 24.0 Å². The summed E-state index contributed by atoms with van der Waals surface area (Å²) in [6.07, 6.45) is 3.91. The lowest BCUT2D eigenvalue weighted by Gasteiger charge is -2.35. The maximum absolute atomic E-state index is 12.4. The minimum Gasteiger partial charge on any atom is -0.387 e. The second-order valence-electron chi connectivity index (χ2n) is 5.19. The maximum Gasteiger partial charge on any atom is 0.272 e. The number of nitrogens with one attached hydrogen (secondary N) is 1. The van der Waals surface area contributed by atoms with Crippen molar-refractivity contribution in [2.75, 3.05) is 39.5 Å². The fraction of sp³-hybridized carbons (Fsp3) is 0.571.